The van der Waals surface area contributed by atoms with Crippen molar-refractivity contribution >= 4 is 34.8 Å². The van der Waals surface area contributed by atoms with Gasteiger partial charge in [0.05, 0.1) is 16.8 Å². The summed E-state index contributed by atoms with van der Waals surface area (Å²) in [5.41, 5.74) is 0.704. The standard InChI is InChI=1S/C22H19ClN2O3/c1-4-13-24-19-8-6-5-7-18(19)22(21(24)27)25(17-11-9-16(23)10-12-17)20(26)14(2)15(3)28-22/h4-12H,1,13H2,2-3H3. The number of nitrogens with zero attached hydrogens (tertiary/aromatic N) is 2. The van der Waals surface area contributed by atoms with Gasteiger partial charge >= 0.3 is 0 Å². The molecule has 0 aromatic heterocycles. The van der Waals surface area contributed by atoms with Crippen LogP contribution in [0.25, 0.3) is 0 Å². The molecule has 2 aliphatic rings. The third kappa shape index (κ3) is 2.39. The monoisotopic (exact) mass is 394 g/mol. The van der Waals surface area contributed by atoms with Crippen LogP contribution in [0.1, 0.15) is 19.4 Å². The first-order chi connectivity index (χ1) is 13.4. The van der Waals surface area contributed by atoms with Gasteiger partial charge in [-0.1, -0.05) is 35.9 Å². The van der Waals surface area contributed by atoms with Crippen LogP contribution >= 0.6 is 11.6 Å². The van der Waals surface area contributed by atoms with Crippen LogP contribution in [0.15, 0.2) is 72.5 Å². The van der Waals surface area contributed by atoms with Gasteiger partial charge in [0.1, 0.15) is 5.76 Å². The summed E-state index contributed by atoms with van der Waals surface area (Å²) in [6.45, 7) is 7.47. The maximum Gasteiger partial charge on any atom is 0.298 e. The van der Waals surface area contributed by atoms with Gasteiger partial charge in [-0.25, -0.2) is 0 Å². The number of benzene rings is 2. The minimum absolute atomic E-state index is 0.283. The highest BCUT2D eigenvalue weighted by Gasteiger charge is 2.61. The molecule has 142 valence electrons. The lowest BCUT2D eigenvalue weighted by Crippen LogP contribution is -2.60. The van der Waals surface area contributed by atoms with E-state index in [9.17, 15) is 9.59 Å². The number of rotatable bonds is 3. The van der Waals surface area contributed by atoms with Crippen molar-refractivity contribution in [2.45, 2.75) is 19.6 Å². The van der Waals surface area contributed by atoms with Crippen LogP contribution in [0, 0.1) is 0 Å². The smallest absolute Gasteiger partial charge is 0.298 e. The number of carbonyl (C=O) groups excluding carboxylic acids is 2. The average molecular weight is 395 g/mol. The molecule has 2 amide bonds. The van der Waals surface area contributed by atoms with E-state index < -0.39 is 5.72 Å². The predicted molar refractivity (Wildman–Crippen MR) is 109 cm³/mol. The topological polar surface area (TPSA) is 49.9 Å². The number of ether oxygens (including phenoxy) is 1. The summed E-state index contributed by atoms with van der Waals surface area (Å²) in [6, 6.07) is 14.2. The van der Waals surface area contributed by atoms with E-state index in [-0.39, 0.29) is 11.8 Å². The Bertz CT molecular complexity index is 1030. The van der Waals surface area contributed by atoms with Crippen molar-refractivity contribution in [2.24, 2.45) is 0 Å². The number of hydrogen-bond donors (Lipinski definition) is 0. The van der Waals surface area contributed by atoms with E-state index in [1.54, 1.807) is 49.1 Å². The minimum Gasteiger partial charge on any atom is -0.458 e. The molecule has 5 nitrogen and oxygen atoms in total. The summed E-state index contributed by atoms with van der Waals surface area (Å²) in [7, 11) is 0. The fourth-order valence-electron chi connectivity index (χ4n) is 3.72. The summed E-state index contributed by atoms with van der Waals surface area (Å²) in [4.78, 5) is 30.1. The Morgan fingerprint density at radius 2 is 1.79 bits per heavy atom. The third-order valence-electron chi connectivity index (χ3n) is 5.16. The van der Waals surface area contributed by atoms with Crippen molar-refractivity contribution in [3.05, 3.63) is 83.1 Å². The number of amides is 2. The highest BCUT2D eigenvalue weighted by Crippen LogP contribution is 2.50. The van der Waals surface area contributed by atoms with Crippen molar-refractivity contribution < 1.29 is 14.3 Å². The van der Waals surface area contributed by atoms with Gasteiger partial charge in [-0.15, -0.1) is 6.58 Å². The van der Waals surface area contributed by atoms with Crippen molar-refractivity contribution in [3.8, 4) is 0 Å². The van der Waals surface area contributed by atoms with Gasteiger partial charge in [-0.05, 0) is 44.2 Å². The largest absolute Gasteiger partial charge is 0.458 e. The van der Waals surface area contributed by atoms with Crippen LogP contribution < -0.4 is 9.80 Å². The third-order valence-corrected chi connectivity index (χ3v) is 5.41. The molecule has 2 aliphatic heterocycles. The lowest BCUT2D eigenvalue weighted by molar-refractivity contribution is -0.145. The quantitative estimate of drug-likeness (QED) is 0.726. The zero-order valence-electron chi connectivity index (χ0n) is 15.6. The van der Waals surface area contributed by atoms with Crippen molar-refractivity contribution in [1.82, 2.24) is 0 Å². The molecular weight excluding hydrogens is 376 g/mol. The Kier molecular flexibility index (Phi) is 4.27. The van der Waals surface area contributed by atoms with Gasteiger partial charge < -0.3 is 9.64 Å². The predicted octanol–water partition coefficient (Wildman–Crippen LogP) is 4.38. The first-order valence-electron chi connectivity index (χ1n) is 8.90. The Morgan fingerprint density at radius 1 is 1.11 bits per heavy atom. The van der Waals surface area contributed by atoms with E-state index in [4.69, 9.17) is 16.3 Å². The number of allylic oxidation sites excluding steroid dienone is 1. The molecule has 0 radical (unpaired) electrons. The Labute approximate surface area is 168 Å². The second-order valence-corrected chi connectivity index (χ2v) is 7.20. The molecule has 0 saturated carbocycles. The SMILES string of the molecule is C=CCN1C(=O)C2(OC(C)=C(C)C(=O)N2c2ccc(Cl)cc2)c2ccccc21. The van der Waals surface area contributed by atoms with E-state index in [0.29, 0.717) is 39.8 Å². The zero-order chi connectivity index (χ0) is 20.1. The number of para-hydroxylation sites is 1. The first-order valence-corrected chi connectivity index (χ1v) is 9.28. The maximum absolute atomic E-state index is 13.7. The molecule has 2 aromatic carbocycles. The van der Waals surface area contributed by atoms with E-state index in [0.717, 1.165) is 0 Å². The summed E-state index contributed by atoms with van der Waals surface area (Å²) in [5, 5.41) is 0.540. The lowest BCUT2D eigenvalue weighted by Gasteiger charge is -2.43. The molecule has 1 spiro atoms. The second-order valence-electron chi connectivity index (χ2n) is 6.77. The van der Waals surface area contributed by atoms with Crippen LogP contribution in [-0.4, -0.2) is 18.4 Å². The number of anilines is 2. The van der Waals surface area contributed by atoms with Crippen molar-refractivity contribution in [1.29, 1.82) is 0 Å². The molecule has 0 saturated heterocycles. The zero-order valence-corrected chi connectivity index (χ0v) is 16.4. The van der Waals surface area contributed by atoms with Crippen LogP contribution in [0.2, 0.25) is 5.02 Å². The molecule has 0 aliphatic carbocycles. The number of halogens is 1. The average Bonchev–Trinajstić information content (AvgIpc) is 2.91. The number of fused-ring (bicyclic) bond motifs is 2. The van der Waals surface area contributed by atoms with Crippen molar-refractivity contribution in [2.75, 3.05) is 16.3 Å². The molecule has 1 unspecified atom stereocenters. The maximum atomic E-state index is 13.7. The minimum atomic E-state index is -1.60. The van der Waals surface area contributed by atoms with Gasteiger partial charge in [0.2, 0.25) is 0 Å². The number of hydrogen-bond acceptors (Lipinski definition) is 3. The molecule has 1 atom stereocenters. The van der Waals surface area contributed by atoms with E-state index in [1.807, 2.05) is 24.3 Å². The summed E-state index contributed by atoms with van der Waals surface area (Å²) >= 11 is 6.03. The fourth-order valence-corrected chi connectivity index (χ4v) is 3.85. The van der Waals surface area contributed by atoms with Crippen LogP contribution in [0.4, 0.5) is 11.4 Å². The normalized spacial score (nSPS) is 21.2. The van der Waals surface area contributed by atoms with Gasteiger partial charge in [-0.3, -0.25) is 14.5 Å². The van der Waals surface area contributed by atoms with Gasteiger partial charge in [-0.2, -0.15) is 0 Å². The molecule has 6 heteroatoms. The van der Waals surface area contributed by atoms with Gasteiger partial charge in [0.15, 0.2) is 0 Å². The van der Waals surface area contributed by atoms with E-state index in [2.05, 4.69) is 6.58 Å². The summed E-state index contributed by atoms with van der Waals surface area (Å²) < 4.78 is 6.26. The fraction of sp³-hybridized carbons (Fsp3) is 0.182. The second kappa shape index (κ2) is 6.53. The molecular formula is C22H19ClN2O3. The van der Waals surface area contributed by atoms with Crippen LogP contribution in [0.3, 0.4) is 0 Å². The molecule has 0 N–H and O–H groups in total. The molecule has 0 bridgehead atoms. The number of carbonyl (C=O) groups is 2. The molecule has 4 rings (SSSR count). The highest BCUT2D eigenvalue weighted by molar-refractivity contribution is 6.30. The van der Waals surface area contributed by atoms with Crippen molar-refractivity contribution in [3.63, 3.8) is 0 Å². The Hall–Kier alpha value is -3.05. The molecule has 2 aromatic rings. The molecule has 2 heterocycles. The molecule has 0 fully saturated rings. The van der Waals surface area contributed by atoms with Gasteiger partial charge in [0, 0.05) is 17.3 Å². The summed E-state index contributed by atoms with van der Waals surface area (Å²) in [5.74, 6) is -0.183. The van der Waals surface area contributed by atoms with E-state index >= 15 is 0 Å². The van der Waals surface area contributed by atoms with E-state index in [1.165, 1.54) is 4.90 Å². The lowest BCUT2D eigenvalue weighted by atomic mass is 9.97. The Morgan fingerprint density at radius 3 is 2.46 bits per heavy atom. The van der Waals surface area contributed by atoms with Crippen LogP contribution in [0.5, 0.6) is 0 Å². The first kappa shape index (κ1) is 18.3. The highest BCUT2D eigenvalue weighted by atomic mass is 35.5. The Balaban J connectivity index is 2.01. The van der Waals surface area contributed by atoms with Gasteiger partial charge in [0.25, 0.3) is 17.5 Å². The van der Waals surface area contributed by atoms with Crippen LogP contribution in [-0.2, 0) is 20.1 Å². The molecule has 28 heavy (non-hydrogen) atoms. The summed E-state index contributed by atoms with van der Waals surface area (Å²) in [6.07, 6.45) is 1.65.